The molecule has 0 aromatic rings. The largest absolute Gasteiger partial charge is 0.480 e. The zero-order chi connectivity index (χ0) is 26.7. The number of hydrogen-bond acceptors (Lipinski definition) is 7. The molecule has 1 saturated heterocycles. The van der Waals surface area contributed by atoms with Crippen molar-refractivity contribution in [3.8, 4) is 0 Å². The number of carbonyl (C=O) groups is 5. The molecule has 35 heavy (non-hydrogen) atoms. The summed E-state index contributed by atoms with van der Waals surface area (Å²) in [6.07, 6.45) is 2.44. The lowest BCUT2D eigenvalue weighted by atomic mass is 9.96. The summed E-state index contributed by atoms with van der Waals surface area (Å²) < 4.78 is 0. The van der Waals surface area contributed by atoms with Gasteiger partial charge in [0.05, 0.1) is 6.04 Å². The second kappa shape index (κ2) is 14.9. The second-order valence-corrected chi connectivity index (χ2v) is 9.89. The van der Waals surface area contributed by atoms with Crippen LogP contribution in [-0.2, 0) is 24.0 Å². The van der Waals surface area contributed by atoms with E-state index < -0.39 is 47.9 Å². The fourth-order valence-corrected chi connectivity index (χ4v) is 3.94. The molecule has 11 nitrogen and oxygen atoms in total. The van der Waals surface area contributed by atoms with Crippen LogP contribution in [0, 0.1) is 11.8 Å². The summed E-state index contributed by atoms with van der Waals surface area (Å²) in [6.45, 7) is 9.72. The molecule has 6 N–H and O–H groups in total. The van der Waals surface area contributed by atoms with Crippen LogP contribution < -0.4 is 26.6 Å². The minimum atomic E-state index is -1.23. The van der Waals surface area contributed by atoms with Crippen molar-refractivity contribution in [2.24, 2.45) is 11.8 Å². The van der Waals surface area contributed by atoms with Crippen molar-refractivity contribution < 1.29 is 29.1 Å². The van der Waals surface area contributed by atoms with Crippen molar-refractivity contribution in [2.75, 3.05) is 12.3 Å². The van der Waals surface area contributed by atoms with Gasteiger partial charge in [-0.3, -0.25) is 19.2 Å². The lowest BCUT2D eigenvalue weighted by molar-refractivity contribution is -0.141. The summed E-state index contributed by atoms with van der Waals surface area (Å²) in [7, 11) is 0. The number of carbonyl (C=O) groups excluding carboxylic acids is 4. The highest BCUT2D eigenvalue weighted by Crippen LogP contribution is 2.12. The first-order valence-corrected chi connectivity index (χ1v) is 12.8. The van der Waals surface area contributed by atoms with Gasteiger partial charge in [0.1, 0.15) is 24.2 Å². The van der Waals surface area contributed by atoms with Gasteiger partial charge >= 0.3 is 5.97 Å². The fourth-order valence-electron chi connectivity index (χ4n) is 3.69. The van der Waals surface area contributed by atoms with Crippen molar-refractivity contribution in [3.05, 3.63) is 0 Å². The van der Waals surface area contributed by atoms with Crippen LogP contribution in [0.5, 0.6) is 0 Å². The summed E-state index contributed by atoms with van der Waals surface area (Å²) in [5, 5.41) is 22.7. The van der Waals surface area contributed by atoms with Crippen LogP contribution in [-0.4, -0.2) is 77.2 Å². The summed E-state index contributed by atoms with van der Waals surface area (Å²) in [6, 6.07) is -4.31. The SMILES string of the molecule is CC[C@H](C)[C@H](NC(=O)[C@H](C)NC(=O)[C@@H]1CCCN1)C(=O)N[C@@H](CC(C)C)C(=O)N[C@@H](CS)C(=O)O. The molecule has 0 saturated carbocycles. The standard InChI is InChI=1S/C23H41N5O6S/c1-6-13(4)18(28-19(29)14(5)25-20(30)15-8-7-9-24-15)22(32)26-16(10-12(2)3)21(31)27-17(11-35)23(33)34/h12-18,24,35H,6-11H2,1-5H3,(H,25,30)(H,26,32)(H,27,31)(H,28,29)(H,33,34)/t13-,14-,15-,16-,17-,18-/m0/s1. The third-order valence-electron chi connectivity index (χ3n) is 6.06. The van der Waals surface area contributed by atoms with Crippen LogP contribution in [0.2, 0.25) is 0 Å². The van der Waals surface area contributed by atoms with Gasteiger partial charge in [-0.05, 0) is 44.6 Å². The van der Waals surface area contributed by atoms with Crippen LogP contribution >= 0.6 is 12.6 Å². The number of rotatable bonds is 14. The third kappa shape index (κ3) is 10.0. The molecule has 0 aromatic heterocycles. The topological polar surface area (TPSA) is 166 Å². The Balaban J connectivity index is 2.90. The lowest BCUT2D eigenvalue weighted by Crippen LogP contribution is -2.59. The van der Waals surface area contributed by atoms with E-state index in [0.717, 1.165) is 13.0 Å². The predicted octanol–water partition coefficient (Wildman–Crippen LogP) is -0.196. The summed E-state index contributed by atoms with van der Waals surface area (Å²) in [4.78, 5) is 62.4. The molecule has 1 heterocycles. The Bertz CT molecular complexity index is 759. The molecule has 1 fully saturated rings. The Labute approximate surface area is 212 Å². The quantitative estimate of drug-likeness (QED) is 0.157. The molecule has 4 amide bonds. The van der Waals surface area contributed by atoms with Crippen LogP contribution in [0.4, 0.5) is 0 Å². The maximum absolute atomic E-state index is 13.2. The molecule has 0 unspecified atom stereocenters. The van der Waals surface area contributed by atoms with Gasteiger partial charge in [-0.25, -0.2) is 4.79 Å². The molecule has 0 bridgehead atoms. The zero-order valence-electron chi connectivity index (χ0n) is 21.2. The van der Waals surface area contributed by atoms with Crippen molar-refractivity contribution in [3.63, 3.8) is 0 Å². The summed E-state index contributed by atoms with van der Waals surface area (Å²) in [5.41, 5.74) is 0. The van der Waals surface area contributed by atoms with Crippen LogP contribution in [0.3, 0.4) is 0 Å². The number of nitrogens with one attached hydrogen (secondary N) is 5. The molecule has 200 valence electrons. The summed E-state index contributed by atoms with van der Waals surface area (Å²) >= 11 is 3.95. The molecule has 0 spiro atoms. The molecule has 6 atom stereocenters. The van der Waals surface area contributed by atoms with Gasteiger partial charge in [0.25, 0.3) is 0 Å². The first-order chi connectivity index (χ1) is 16.4. The second-order valence-electron chi connectivity index (χ2n) is 9.52. The average molecular weight is 516 g/mol. The van der Waals surface area contributed by atoms with Crippen molar-refractivity contribution >= 4 is 42.2 Å². The van der Waals surface area contributed by atoms with Crippen LogP contribution in [0.1, 0.15) is 60.3 Å². The highest BCUT2D eigenvalue weighted by Gasteiger charge is 2.33. The first kappa shape index (κ1) is 30.7. The molecule has 0 aliphatic carbocycles. The van der Waals surface area contributed by atoms with Gasteiger partial charge in [0, 0.05) is 5.75 Å². The maximum Gasteiger partial charge on any atom is 0.327 e. The van der Waals surface area contributed by atoms with E-state index in [-0.39, 0.29) is 36.0 Å². The minimum Gasteiger partial charge on any atom is -0.480 e. The van der Waals surface area contributed by atoms with E-state index in [0.29, 0.717) is 12.8 Å². The molecular formula is C23H41N5O6S. The van der Waals surface area contributed by atoms with Gasteiger partial charge in [-0.1, -0.05) is 34.1 Å². The number of carboxylic acid groups (broad SMARTS) is 1. The molecular weight excluding hydrogens is 474 g/mol. The smallest absolute Gasteiger partial charge is 0.327 e. The molecule has 0 aromatic carbocycles. The number of carboxylic acids is 1. The van der Waals surface area contributed by atoms with Crippen molar-refractivity contribution in [1.29, 1.82) is 0 Å². The normalized spacial score (nSPS) is 19.7. The van der Waals surface area contributed by atoms with E-state index in [1.54, 1.807) is 13.8 Å². The van der Waals surface area contributed by atoms with Gasteiger partial charge in [-0.2, -0.15) is 12.6 Å². The monoisotopic (exact) mass is 515 g/mol. The van der Waals surface area contributed by atoms with Crippen LogP contribution in [0.15, 0.2) is 0 Å². The van der Waals surface area contributed by atoms with E-state index in [9.17, 15) is 29.1 Å². The van der Waals surface area contributed by atoms with Gasteiger partial charge in [-0.15, -0.1) is 0 Å². The zero-order valence-corrected chi connectivity index (χ0v) is 22.1. The minimum absolute atomic E-state index is 0.0291. The highest BCUT2D eigenvalue weighted by molar-refractivity contribution is 7.80. The Hall–Kier alpha value is -2.34. The number of amides is 4. The molecule has 12 heteroatoms. The van der Waals surface area contributed by atoms with E-state index >= 15 is 0 Å². The van der Waals surface area contributed by atoms with Crippen molar-refractivity contribution in [2.45, 2.75) is 90.5 Å². The Morgan fingerprint density at radius 3 is 2.06 bits per heavy atom. The van der Waals surface area contributed by atoms with E-state index in [1.807, 2.05) is 20.8 Å². The predicted molar refractivity (Wildman–Crippen MR) is 135 cm³/mol. The van der Waals surface area contributed by atoms with Crippen LogP contribution in [0.25, 0.3) is 0 Å². The number of aliphatic carboxylic acids is 1. The Kier molecular flexibility index (Phi) is 13.1. The van der Waals surface area contributed by atoms with Gasteiger partial charge < -0.3 is 31.7 Å². The van der Waals surface area contributed by atoms with E-state index in [2.05, 4.69) is 39.2 Å². The fraction of sp³-hybridized carbons (Fsp3) is 0.783. The first-order valence-electron chi connectivity index (χ1n) is 12.2. The van der Waals surface area contributed by atoms with Gasteiger partial charge in [0.15, 0.2) is 0 Å². The number of thiol groups is 1. The molecule has 1 rings (SSSR count). The molecule has 0 radical (unpaired) electrons. The third-order valence-corrected chi connectivity index (χ3v) is 6.42. The Morgan fingerprint density at radius 2 is 1.57 bits per heavy atom. The maximum atomic E-state index is 13.2. The molecule has 1 aliphatic heterocycles. The van der Waals surface area contributed by atoms with Gasteiger partial charge in [0.2, 0.25) is 23.6 Å². The lowest BCUT2D eigenvalue weighted by Gasteiger charge is -2.28. The average Bonchev–Trinajstić information content (AvgIpc) is 3.34. The van der Waals surface area contributed by atoms with Crippen molar-refractivity contribution in [1.82, 2.24) is 26.6 Å². The summed E-state index contributed by atoms with van der Waals surface area (Å²) in [5.74, 6) is -3.52. The number of hydrogen-bond donors (Lipinski definition) is 7. The highest BCUT2D eigenvalue weighted by atomic mass is 32.1. The van der Waals surface area contributed by atoms with E-state index in [4.69, 9.17) is 0 Å². The Morgan fingerprint density at radius 1 is 0.943 bits per heavy atom. The van der Waals surface area contributed by atoms with E-state index in [1.165, 1.54) is 0 Å². The molecule has 1 aliphatic rings.